The fourth-order valence-electron chi connectivity index (χ4n) is 2.82. The lowest BCUT2D eigenvalue weighted by atomic mass is 10.0. The summed E-state index contributed by atoms with van der Waals surface area (Å²) < 4.78 is 16.0. The Bertz CT molecular complexity index is 687. The first-order valence-corrected chi connectivity index (χ1v) is 9.00. The van der Waals surface area contributed by atoms with Gasteiger partial charge in [0.15, 0.2) is 0 Å². The van der Waals surface area contributed by atoms with Gasteiger partial charge in [0.1, 0.15) is 31.2 Å². The van der Waals surface area contributed by atoms with Gasteiger partial charge < -0.3 is 29.7 Å². The second kappa shape index (κ2) is 9.82. The van der Waals surface area contributed by atoms with Crippen molar-refractivity contribution in [3.05, 3.63) is 35.5 Å². The number of ether oxygens (including phenoxy) is 3. The van der Waals surface area contributed by atoms with Crippen molar-refractivity contribution in [2.45, 2.75) is 19.9 Å². The van der Waals surface area contributed by atoms with Crippen LogP contribution in [0.5, 0.6) is 11.5 Å². The highest BCUT2D eigenvalue weighted by atomic mass is 16.5. The van der Waals surface area contributed by atoms with E-state index in [1.54, 1.807) is 21.0 Å². The Balaban J connectivity index is 1.94. The van der Waals surface area contributed by atoms with E-state index in [9.17, 15) is 9.59 Å². The number of esters is 1. The number of hydrogen-bond acceptors (Lipinski definition) is 5. The number of likely N-dealkylation sites (N-methyl/N-ethyl adjacent to an activating group) is 1. The Kier molecular flexibility index (Phi) is 7.48. The predicted octanol–water partition coefficient (Wildman–Crippen LogP) is 0.107. The van der Waals surface area contributed by atoms with Crippen molar-refractivity contribution in [3.63, 3.8) is 0 Å². The highest BCUT2D eigenvalue weighted by Gasteiger charge is 2.31. The largest absolute Gasteiger partial charge is 0.497 e. The zero-order valence-electron chi connectivity index (χ0n) is 16.3. The molecule has 2 amide bonds. The molecule has 2 rings (SSSR count). The zero-order chi connectivity index (χ0) is 19.8. The van der Waals surface area contributed by atoms with Crippen LogP contribution in [0.15, 0.2) is 35.5 Å². The van der Waals surface area contributed by atoms with Gasteiger partial charge in [-0.2, -0.15) is 0 Å². The molecule has 0 saturated heterocycles. The van der Waals surface area contributed by atoms with Crippen molar-refractivity contribution in [3.8, 4) is 11.5 Å². The van der Waals surface area contributed by atoms with Crippen LogP contribution in [0.25, 0.3) is 0 Å². The van der Waals surface area contributed by atoms with Gasteiger partial charge in [0.25, 0.3) is 0 Å². The Morgan fingerprint density at radius 2 is 1.89 bits per heavy atom. The topological polar surface area (TPSA) is 90.3 Å². The molecule has 27 heavy (non-hydrogen) atoms. The van der Waals surface area contributed by atoms with E-state index in [0.29, 0.717) is 31.0 Å². The molecule has 148 valence electrons. The number of hydrogen-bond donors (Lipinski definition) is 3. The van der Waals surface area contributed by atoms with Gasteiger partial charge in [-0.25, -0.2) is 9.59 Å². The first kappa shape index (κ1) is 20.6. The summed E-state index contributed by atoms with van der Waals surface area (Å²) in [6, 6.07) is 6.68. The molecule has 1 aromatic rings. The highest BCUT2D eigenvalue weighted by Crippen LogP contribution is 2.16. The third kappa shape index (κ3) is 5.89. The van der Waals surface area contributed by atoms with Gasteiger partial charge >= 0.3 is 12.0 Å². The summed E-state index contributed by atoms with van der Waals surface area (Å²) >= 11 is 0. The van der Waals surface area contributed by atoms with E-state index in [1.807, 2.05) is 31.3 Å². The maximum atomic E-state index is 12.2. The molecule has 0 spiro atoms. The molecule has 0 fully saturated rings. The fourth-order valence-corrected chi connectivity index (χ4v) is 2.82. The third-order valence-corrected chi connectivity index (χ3v) is 4.20. The summed E-state index contributed by atoms with van der Waals surface area (Å²) in [6.45, 7) is 5.50. The molecule has 1 heterocycles. The number of benzene rings is 1. The summed E-state index contributed by atoms with van der Waals surface area (Å²) in [6.07, 6.45) is 0. The Morgan fingerprint density at radius 3 is 2.52 bits per heavy atom. The van der Waals surface area contributed by atoms with Crippen LogP contribution in [0, 0.1) is 0 Å². The SMILES string of the molecule is CCOC(=O)C1=C(C[NH+](C)CCOc2ccc(OC)cc2)NC(=O)N[C@H]1C. The van der Waals surface area contributed by atoms with E-state index in [1.165, 1.54) is 0 Å². The molecule has 8 nitrogen and oxygen atoms in total. The van der Waals surface area contributed by atoms with Crippen molar-refractivity contribution >= 4 is 12.0 Å². The third-order valence-electron chi connectivity index (χ3n) is 4.20. The number of nitrogens with one attached hydrogen (secondary N) is 3. The number of carbonyl (C=O) groups excluding carboxylic acids is 2. The van der Waals surface area contributed by atoms with Gasteiger partial charge in [0.05, 0.1) is 38.1 Å². The van der Waals surface area contributed by atoms with Crippen LogP contribution in [0.2, 0.25) is 0 Å². The number of rotatable bonds is 9. The molecular formula is C19H28N3O5+. The number of urea groups is 1. The maximum Gasteiger partial charge on any atom is 0.338 e. The van der Waals surface area contributed by atoms with Crippen LogP contribution < -0.4 is 25.0 Å². The van der Waals surface area contributed by atoms with Crippen LogP contribution >= 0.6 is 0 Å². The smallest absolute Gasteiger partial charge is 0.338 e. The summed E-state index contributed by atoms with van der Waals surface area (Å²) in [5.41, 5.74) is 1.05. The minimum Gasteiger partial charge on any atom is -0.497 e. The van der Waals surface area contributed by atoms with E-state index in [2.05, 4.69) is 10.6 Å². The number of quaternary nitrogens is 1. The molecular weight excluding hydrogens is 350 g/mol. The lowest BCUT2D eigenvalue weighted by Gasteiger charge is -2.27. The van der Waals surface area contributed by atoms with E-state index < -0.39 is 12.0 Å². The van der Waals surface area contributed by atoms with Crippen molar-refractivity contribution in [1.82, 2.24) is 10.6 Å². The second-order valence-corrected chi connectivity index (χ2v) is 6.34. The molecule has 0 aromatic heterocycles. The molecule has 0 radical (unpaired) electrons. The van der Waals surface area contributed by atoms with Gasteiger partial charge in [0, 0.05) is 0 Å². The lowest BCUT2D eigenvalue weighted by Crippen LogP contribution is -3.10. The molecule has 3 N–H and O–H groups in total. The predicted molar refractivity (Wildman–Crippen MR) is 99.9 cm³/mol. The fraction of sp³-hybridized carbons (Fsp3) is 0.474. The molecule has 0 bridgehead atoms. The van der Waals surface area contributed by atoms with Gasteiger partial charge in [-0.3, -0.25) is 0 Å². The van der Waals surface area contributed by atoms with Crippen LogP contribution in [-0.2, 0) is 9.53 Å². The van der Waals surface area contributed by atoms with Crippen molar-refractivity contribution in [2.24, 2.45) is 0 Å². The summed E-state index contributed by atoms with van der Waals surface area (Å²) in [4.78, 5) is 25.1. The molecule has 1 aliphatic heterocycles. The molecule has 8 heteroatoms. The van der Waals surface area contributed by atoms with Gasteiger partial charge in [-0.05, 0) is 38.1 Å². The number of carbonyl (C=O) groups is 2. The Morgan fingerprint density at radius 1 is 1.22 bits per heavy atom. The van der Waals surface area contributed by atoms with E-state index in [0.717, 1.165) is 16.4 Å². The number of amides is 2. The minimum atomic E-state index is -0.408. The summed E-state index contributed by atoms with van der Waals surface area (Å²) in [5.74, 6) is 1.13. The normalized spacial score (nSPS) is 17.6. The highest BCUT2D eigenvalue weighted by molar-refractivity contribution is 5.94. The first-order valence-electron chi connectivity index (χ1n) is 9.00. The minimum absolute atomic E-state index is 0.286. The average Bonchev–Trinajstić information content (AvgIpc) is 2.62. The zero-order valence-corrected chi connectivity index (χ0v) is 16.3. The Labute approximate surface area is 159 Å². The molecule has 1 aliphatic rings. The van der Waals surface area contributed by atoms with Crippen LogP contribution in [-0.4, -0.2) is 58.5 Å². The van der Waals surface area contributed by atoms with Gasteiger partial charge in [-0.15, -0.1) is 0 Å². The monoisotopic (exact) mass is 378 g/mol. The van der Waals surface area contributed by atoms with Gasteiger partial charge in [0.2, 0.25) is 0 Å². The molecule has 0 saturated carbocycles. The van der Waals surface area contributed by atoms with E-state index in [-0.39, 0.29) is 12.6 Å². The molecule has 0 aliphatic carbocycles. The van der Waals surface area contributed by atoms with Crippen molar-refractivity contribution in [2.75, 3.05) is 40.5 Å². The maximum absolute atomic E-state index is 12.2. The van der Waals surface area contributed by atoms with Gasteiger partial charge in [-0.1, -0.05) is 0 Å². The standard InChI is InChI=1S/C19H27N3O5/c1-5-26-18(23)17-13(2)20-19(24)21-16(17)12-22(3)10-11-27-15-8-6-14(25-4)7-9-15/h6-9,13H,5,10-12H2,1-4H3,(H2,20,21,24)/p+1/t13-/m0/s1. The molecule has 2 atom stereocenters. The number of methoxy groups -OCH3 is 1. The second-order valence-electron chi connectivity index (χ2n) is 6.34. The van der Waals surface area contributed by atoms with E-state index in [4.69, 9.17) is 14.2 Å². The van der Waals surface area contributed by atoms with Crippen LogP contribution in [0.4, 0.5) is 4.79 Å². The van der Waals surface area contributed by atoms with Crippen molar-refractivity contribution < 1.29 is 28.7 Å². The molecule has 1 aromatic carbocycles. The first-order chi connectivity index (χ1) is 12.9. The van der Waals surface area contributed by atoms with Crippen LogP contribution in [0.3, 0.4) is 0 Å². The van der Waals surface area contributed by atoms with Crippen LogP contribution in [0.1, 0.15) is 13.8 Å². The quantitative estimate of drug-likeness (QED) is 0.531. The summed E-state index contributed by atoms with van der Waals surface area (Å²) in [7, 11) is 3.60. The molecule has 1 unspecified atom stereocenters. The summed E-state index contributed by atoms with van der Waals surface area (Å²) in [5, 5.41) is 5.43. The lowest BCUT2D eigenvalue weighted by molar-refractivity contribution is -0.874. The Hall–Kier alpha value is -2.74. The average molecular weight is 378 g/mol. The van der Waals surface area contributed by atoms with Crippen molar-refractivity contribution in [1.29, 1.82) is 0 Å². The van der Waals surface area contributed by atoms with E-state index >= 15 is 0 Å².